The van der Waals surface area contributed by atoms with Crippen molar-refractivity contribution in [2.75, 3.05) is 0 Å². The van der Waals surface area contributed by atoms with Crippen LogP contribution in [0.1, 0.15) is 36.1 Å². The van der Waals surface area contributed by atoms with Crippen molar-refractivity contribution in [3.63, 3.8) is 0 Å². The van der Waals surface area contributed by atoms with Gasteiger partial charge in [-0.2, -0.15) is 10.1 Å². The molecule has 1 atom stereocenters. The van der Waals surface area contributed by atoms with Crippen LogP contribution in [0.4, 0.5) is 0 Å². The van der Waals surface area contributed by atoms with Gasteiger partial charge in [-0.15, -0.1) is 0 Å². The number of carbonyl (C=O) groups excluding carboxylic acids is 1. The molecule has 3 rings (SSSR count). The van der Waals surface area contributed by atoms with E-state index in [1.165, 1.54) is 6.20 Å². The van der Waals surface area contributed by atoms with Crippen LogP contribution in [0.5, 0.6) is 0 Å². The van der Waals surface area contributed by atoms with E-state index in [1.807, 2.05) is 6.92 Å². The SMILES string of the molecule is CCn1cc(C(=O)N[C@H](C)c2nc(-c3ccc(Cl)cc3)no2)cn1. The van der Waals surface area contributed by atoms with Crippen LogP contribution in [-0.2, 0) is 6.54 Å². The highest BCUT2D eigenvalue weighted by Gasteiger charge is 2.19. The maximum atomic E-state index is 12.2. The molecule has 0 aliphatic carbocycles. The van der Waals surface area contributed by atoms with Crippen LogP contribution in [0.25, 0.3) is 11.4 Å². The topological polar surface area (TPSA) is 85.8 Å². The number of hydrogen-bond acceptors (Lipinski definition) is 5. The van der Waals surface area contributed by atoms with Gasteiger partial charge in [0.25, 0.3) is 5.91 Å². The van der Waals surface area contributed by atoms with E-state index in [4.69, 9.17) is 16.1 Å². The molecule has 0 saturated heterocycles. The number of halogens is 1. The Morgan fingerprint density at radius 2 is 2.12 bits per heavy atom. The average molecular weight is 346 g/mol. The van der Waals surface area contributed by atoms with Crippen molar-refractivity contribution in [3.8, 4) is 11.4 Å². The van der Waals surface area contributed by atoms with Gasteiger partial charge in [-0.05, 0) is 38.1 Å². The Balaban J connectivity index is 1.70. The molecule has 0 aliphatic rings. The fourth-order valence-electron chi connectivity index (χ4n) is 2.12. The summed E-state index contributed by atoms with van der Waals surface area (Å²) in [6.07, 6.45) is 3.22. The minimum absolute atomic E-state index is 0.242. The molecule has 0 saturated carbocycles. The molecule has 2 heterocycles. The lowest BCUT2D eigenvalue weighted by molar-refractivity contribution is 0.0932. The molecular formula is C16H16ClN5O2. The molecule has 7 nitrogen and oxygen atoms in total. The smallest absolute Gasteiger partial charge is 0.255 e. The number of hydrogen-bond donors (Lipinski definition) is 1. The van der Waals surface area contributed by atoms with Crippen molar-refractivity contribution in [2.45, 2.75) is 26.4 Å². The first kappa shape index (κ1) is 16.2. The van der Waals surface area contributed by atoms with E-state index in [0.717, 1.165) is 5.56 Å². The van der Waals surface area contributed by atoms with Crippen LogP contribution in [0.15, 0.2) is 41.2 Å². The number of nitrogens with zero attached hydrogens (tertiary/aromatic N) is 4. The Hall–Kier alpha value is -2.67. The lowest BCUT2D eigenvalue weighted by Gasteiger charge is -2.08. The van der Waals surface area contributed by atoms with Gasteiger partial charge in [0.1, 0.15) is 6.04 Å². The summed E-state index contributed by atoms with van der Waals surface area (Å²) in [5, 5.41) is 11.5. The van der Waals surface area contributed by atoms with Gasteiger partial charge in [0.15, 0.2) is 0 Å². The minimum Gasteiger partial charge on any atom is -0.340 e. The van der Waals surface area contributed by atoms with Gasteiger partial charge in [-0.1, -0.05) is 16.8 Å². The minimum atomic E-state index is -0.420. The molecular weight excluding hydrogens is 330 g/mol. The highest BCUT2D eigenvalue weighted by Crippen LogP contribution is 2.20. The Morgan fingerprint density at radius 3 is 2.79 bits per heavy atom. The average Bonchev–Trinajstić information content (AvgIpc) is 3.25. The molecule has 124 valence electrons. The van der Waals surface area contributed by atoms with Crippen LogP contribution >= 0.6 is 11.6 Å². The van der Waals surface area contributed by atoms with Gasteiger partial charge < -0.3 is 9.84 Å². The molecule has 0 fully saturated rings. The number of carbonyl (C=O) groups is 1. The molecule has 0 radical (unpaired) electrons. The molecule has 3 aromatic rings. The van der Waals surface area contributed by atoms with Gasteiger partial charge in [0, 0.05) is 23.3 Å². The van der Waals surface area contributed by atoms with E-state index in [2.05, 4.69) is 20.6 Å². The maximum absolute atomic E-state index is 12.2. The van der Waals surface area contributed by atoms with Crippen molar-refractivity contribution in [3.05, 3.63) is 53.1 Å². The number of amides is 1. The quantitative estimate of drug-likeness (QED) is 0.767. The first-order chi connectivity index (χ1) is 11.6. The highest BCUT2D eigenvalue weighted by atomic mass is 35.5. The maximum Gasteiger partial charge on any atom is 0.255 e. The van der Waals surface area contributed by atoms with Crippen molar-refractivity contribution in [1.82, 2.24) is 25.2 Å². The zero-order valence-corrected chi connectivity index (χ0v) is 14.0. The molecule has 1 amide bonds. The lowest BCUT2D eigenvalue weighted by Crippen LogP contribution is -2.26. The fraction of sp³-hybridized carbons (Fsp3) is 0.250. The Kier molecular flexibility index (Phi) is 4.61. The van der Waals surface area contributed by atoms with E-state index in [9.17, 15) is 4.79 Å². The number of aromatic nitrogens is 4. The Labute approximate surface area is 143 Å². The van der Waals surface area contributed by atoms with Crippen LogP contribution < -0.4 is 5.32 Å². The fourth-order valence-corrected chi connectivity index (χ4v) is 2.25. The van der Waals surface area contributed by atoms with Crippen LogP contribution in [0.3, 0.4) is 0 Å². The van der Waals surface area contributed by atoms with E-state index in [1.54, 1.807) is 42.1 Å². The summed E-state index contributed by atoms with van der Waals surface area (Å²) in [6.45, 7) is 4.44. The number of aryl methyl sites for hydroxylation is 1. The second-order valence-electron chi connectivity index (χ2n) is 5.24. The van der Waals surface area contributed by atoms with E-state index in [-0.39, 0.29) is 5.91 Å². The van der Waals surface area contributed by atoms with Gasteiger partial charge >= 0.3 is 0 Å². The first-order valence-corrected chi connectivity index (χ1v) is 7.87. The first-order valence-electron chi connectivity index (χ1n) is 7.49. The van der Waals surface area contributed by atoms with Crippen LogP contribution in [0.2, 0.25) is 5.02 Å². The van der Waals surface area contributed by atoms with Gasteiger partial charge in [0.05, 0.1) is 11.8 Å². The molecule has 0 unspecified atom stereocenters. The van der Waals surface area contributed by atoms with Crippen LogP contribution in [0, 0.1) is 0 Å². The van der Waals surface area contributed by atoms with E-state index in [0.29, 0.717) is 28.8 Å². The third-order valence-corrected chi connectivity index (χ3v) is 3.73. The van der Waals surface area contributed by atoms with Crippen molar-refractivity contribution in [2.24, 2.45) is 0 Å². The molecule has 0 bridgehead atoms. The second kappa shape index (κ2) is 6.84. The third-order valence-electron chi connectivity index (χ3n) is 3.48. The van der Waals surface area contributed by atoms with Gasteiger partial charge in [-0.3, -0.25) is 9.48 Å². The monoisotopic (exact) mass is 345 g/mol. The molecule has 0 aliphatic heterocycles. The number of nitrogens with one attached hydrogen (secondary N) is 1. The van der Waals surface area contributed by atoms with Crippen molar-refractivity contribution >= 4 is 17.5 Å². The Bertz CT molecular complexity index is 840. The normalized spacial score (nSPS) is 12.1. The lowest BCUT2D eigenvalue weighted by atomic mass is 10.2. The molecule has 2 aromatic heterocycles. The second-order valence-corrected chi connectivity index (χ2v) is 5.68. The zero-order valence-electron chi connectivity index (χ0n) is 13.2. The predicted molar refractivity (Wildman–Crippen MR) is 88.5 cm³/mol. The van der Waals surface area contributed by atoms with Crippen LogP contribution in [-0.4, -0.2) is 25.8 Å². The van der Waals surface area contributed by atoms with E-state index < -0.39 is 6.04 Å². The summed E-state index contributed by atoms with van der Waals surface area (Å²) in [6, 6.07) is 6.70. The molecule has 1 aromatic carbocycles. The summed E-state index contributed by atoms with van der Waals surface area (Å²) in [7, 11) is 0. The summed E-state index contributed by atoms with van der Waals surface area (Å²) in [5.41, 5.74) is 1.28. The number of rotatable bonds is 5. The molecule has 24 heavy (non-hydrogen) atoms. The molecule has 1 N–H and O–H groups in total. The molecule has 0 spiro atoms. The standard InChI is InChI=1S/C16H16ClN5O2/c1-3-22-9-12(8-18-22)15(23)19-10(2)16-20-14(21-24-16)11-4-6-13(17)7-5-11/h4-10H,3H2,1-2H3,(H,19,23)/t10-/m1/s1. The van der Waals surface area contributed by atoms with Gasteiger partial charge in [-0.25, -0.2) is 0 Å². The summed E-state index contributed by atoms with van der Waals surface area (Å²) in [4.78, 5) is 16.5. The summed E-state index contributed by atoms with van der Waals surface area (Å²) in [5.74, 6) is 0.534. The zero-order chi connectivity index (χ0) is 17.1. The summed E-state index contributed by atoms with van der Waals surface area (Å²) < 4.78 is 6.93. The van der Waals surface area contributed by atoms with Gasteiger partial charge in [0.2, 0.25) is 11.7 Å². The van der Waals surface area contributed by atoms with E-state index >= 15 is 0 Å². The predicted octanol–water partition coefficient (Wildman–Crippen LogP) is 3.10. The highest BCUT2D eigenvalue weighted by molar-refractivity contribution is 6.30. The third kappa shape index (κ3) is 3.46. The van der Waals surface area contributed by atoms with Crippen molar-refractivity contribution < 1.29 is 9.32 Å². The summed E-state index contributed by atoms with van der Waals surface area (Å²) >= 11 is 5.86. The number of benzene rings is 1. The Morgan fingerprint density at radius 1 is 1.38 bits per heavy atom. The van der Waals surface area contributed by atoms with Crippen molar-refractivity contribution in [1.29, 1.82) is 0 Å². The molecule has 8 heteroatoms. The largest absolute Gasteiger partial charge is 0.340 e.